The van der Waals surface area contributed by atoms with E-state index < -0.39 is 69.2 Å². The van der Waals surface area contributed by atoms with E-state index in [-0.39, 0.29) is 23.2 Å². The van der Waals surface area contributed by atoms with Crippen LogP contribution in [0.2, 0.25) is 0 Å². The predicted molar refractivity (Wildman–Crippen MR) is 101 cm³/mol. The molecule has 0 spiro atoms. The van der Waals surface area contributed by atoms with Crippen molar-refractivity contribution in [1.82, 2.24) is 13.3 Å². The SMILES string of the molecule is O=S(=O)(NS(=O)(=O)C(F)(F)C(F)(F)C(F)(F)S(=O)(=O)N1CCC(N2CCCCC2)CC1)C(F)(F)F. The molecular formula is C14H20F9N3O6S3. The molecule has 2 rings (SSSR count). The molecule has 2 fully saturated rings. The van der Waals surface area contributed by atoms with E-state index in [0.29, 0.717) is 13.1 Å². The highest BCUT2D eigenvalue weighted by atomic mass is 32.3. The largest absolute Gasteiger partial charge is 0.512 e. The second-order valence-corrected chi connectivity index (χ2v) is 13.5. The minimum Gasteiger partial charge on any atom is -0.300 e. The van der Waals surface area contributed by atoms with Gasteiger partial charge < -0.3 is 4.90 Å². The minimum absolute atomic E-state index is 0.138. The zero-order chi connectivity index (χ0) is 27.3. The van der Waals surface area contributed by atoms with Gasteiger partial charge in [-0.3, -0.25) is 0 Å². The van der Waals surface area contributed by atoms with Gasteiger partial charge in [-0.2, -0.15) is 43.8 Å². The van der Waals surface area contributed by atoms with Gasteiger partial charge in [-0.1, -0.05) is 10.5 Å². The molecule has 0 aromatic heterocycles. The third-order valence-electron chi connectivity index (χ3n) is 5.59. The molecule has 2 saturated heterocycles. The van der Waals surface area contributed by atoms with E-state index >= 15 is 0 Å². The van der Waals surface area contributed by atoms with Gasteiger partial charge in [-0.05, 0) is 38.8 Å². The average Bonchev–Trinajstić information content (AvgIpc) is 2.72. The van der Waals surface area contributed by atoms with Crippen molar-refractivity contribution in [2.45, 2.75) is 60.1 Å². The number of hydrogen-bond acceptors (Lipinski definition) is 7. The summed E-state index contributed by atoms with van der Waals surface area (Å²) in [6, 6.07) is -0.311. The quantitative estimate of drug-likeness (QED) is 0.427. The van der Waals surface area contributed by atoms with Crippen LogP contribution in [-0.2, 0) is 30.1 Å². The van der Waals surface area contributed by atoms with Crippen molar-refractivity contribution < 1.29 is 64.8 Å². The van der Waals surface area contributed by atoms with Crippen LogP contribution < -0.4 is 4.13 Å². The number of hydrogen-bond donors (Lipinski definition) is 1. The maximum Gasteiger partial charge on any atom is 0.512 e. The summed E-state index contributed by atoms with van der Waals surface area (Å²) in [7, 11) is -21.7. The minimum atomic E-state index is -7.77. The molecule has 2 aliphatic heterocycles. The zero-order valence-electron chi connectivity index (χ0n) is 17.4. The molecule has 35 heavy (non-hydrogen) atoms. The Morgan fingerprint density at radius 3 is 1.51 bits per heavy atom. The lowest BCUT2D eigenvalue weighted by atomic mass is 10.0. The summed E-state index contributed by atoms with van der Waals surface area (Å²) in [5, 5.41) is -14.2. The lowest BCUT2D eigenvalue weighted by Crippen LogP contribution is -2.66. The summed E-state index contributed by atoms with van der Waals surface area (Å²) in [6.45, 7) is -0.393. The molecule has 9 nitrogen and oxygen atoms in total. The molecule has 0 aromatic rings. The molecule has 0 aromatic carbocycles. The van der Waals surface area contributed by atoms with Crippen LogP contribution in [0.15, 0.2) is 0 Å². The molecule has 208 valence electrons. The summed E-state index contributed by atoms with van der Waals surface area (Å²) in [5.74, 6) is -7.39. The van der Waals surface area contributed by atoms with E-state index in [0.717, 1.165) is 19.3 Å². The average molecular weight is 594 g/mol. The van der Waals surface area contributed by atoms with Crippen LogP contribution in [-0.4, -0.2) is 88.6 Å². The predicted octanol–water partition coefficient (Wildman–Crippen LogP) is 1.86. The van der Waals surface area contributed by atoms with Gasteiger partial charge in [0, 0.05) is 19.1 Å². The first-order chi connectivity index (χ1) is 15.5. The van der Waals surface area contributed by atoms with E-state index in [1.54, 1.807) is 0 Å². The topological polar surface area (TPSA) is 121 Å². The molecule has 2 aliphatic rings. The molecule has 0 aliphatic carbocycles. The van der Waals surface area contributed by atoms with Crippen LogP contribution in [0.3, 0.4) is 0 Å². The van der Waals surface area contributed by atoms with E-state index in [2.05, 4.69) is 0 Å². The highest BCUT2D eigenvalue weighted by molar-refractivity contribution is 8.05. The third-order valence-corrected chi connectivity index (χ3v) is 10.8. The van der Waals surface area contributed by atoms with Crippen molar-refractivity contribution in [1.29, 1.82) is 0 Å². The first-order valence-corrected chi connectivity index (χ1v) is 14.2. The fraction of sp³-hybridized carbons (Fsp3) is 1.00. The summed E-state index contributed by atoms with van der Waals surface area (Å²) in [4.78, 5) is 1.92. The van der Waals surface area contributed by atoms with Crippen LogP contribution in [0.5, 0.6) is 0 Å². The Hall–Kier alpha value is -0.900. The van der Waals surface area contributed by atoms with E-state index in [1.807, 2.05) is 4.90 Å². The van der Waals surface area contributed by atoms with Crippen molar-refractivity contribution in [3.8, 4) is 0 Å². The number of rotatable bonds is 8. The molecule has 0 radical (unpaired) electrons. The Morgan fingerprint density at radius 1 is 0.629 bits per heavy atom. The Labute approximate surface area is 194 Å². The van der Waals surface area contributed by atoms with Gasteiger partial charge >= 0.3 is 32.0 Å². The molecule has 0 bridgehead atoms. The second kappa shape index (κ2) is 9.44. The molecule has 21 heteroatoms. The number of nitrogens with one attached hydrogen (secondary N) is 1. The van der Waals surface area contributed by atoms with Crippen molar-refractivity contribution in [2.24, 2.45) is 0 Å². The molecule has 2 heterocycles. The van der Waals surface area contributed by atoms with Crippen molar-refractivity contribution in [2.75, 3.05) is 26.2 Å². The van der Waals surface area contributed by atoms with Crippen molar-refractivity contribution >= 4 is 30.1 Å². The molecule has 0 atom stereocenters. The summed E-state index contributed by atoms with van der Waals surface area (Å²) >= 11 is 0. The van der Waals surface area contributed by atoms with E-state index in [4.69, 9.17) is 0 Å². The fourth-order valence-electron chi connectivity index (χ4n) is 3.64. The first kappa shape index (κ1) is 30.3. The van der Waals surface area contributed by atoms with Gasteiger partial charge in [-0.25, -0.2) is 25.3 Å². The lowest BCUT2D eigenvalue weighted by molar-refractivity contribution is -0.245. The van der Waals surface area contributed by atoms with Gasteiger partial charge in [0.15, 0.2) is 0 Å². The monoisotopic (exact) mass is 593 g/mol. The van der Waals surface area contributed by atoms with Gasteiger partial charge in [0.05, 0.1) is 0 Å². The van der Waals surface area contributed by atoms with Crippen LogP contribution >= 0.6 is 0 Å². The Balaban J connectivity index is 2.31. The number of halogens is 9. The first-order valence-electron chi connectivity index (χ1n) is 9.74. The van der Waals surface area contributed by atoms with Crippen LogP contribution in [0.25, 0.3) is 0 Å². The summed E-state index contributed by atoms with van der Waals surface area (Å²) in [5.41, 5.74) is -6.61. The molecule has 0 saturated carbocycles. The number of piperidine rings is 2. The molecule has 1 N–H and O–H groups in total. The summed E-state index contributed by atoms with van der Waals surface area (Å²) < 4.78 is 190. The van der Waals surface area contributed by atoms with E-state index in [1.165, 1.54) is 0 Å². The maximum absolute atomic E-state index is 14.4. The van der Waals surface area contributed by atoms with E-state index in [9.17, 15) is 64.8 Å². The Bertz CT molecular complexity index is 1100. The molecule has 0 amide bonds. The number of alkyl halides is 9. The molecule has 0 unspecified atom stereocenters. The third kappa shape index (κ3) is 5.25. The van der Waals surface area contributed by atoms with Gasteiger partial charge in [0.2, 0.25) is 0 Å². The van der Waals surface area contributed by atoms with Gasteiger partial charge in [0.25, 0.3) is 20.0 Å². The fourth-order valence-corrected chi connectivity index (χ4v) is 7.59. The second-order valence-electron chi connectivity index (χ2n) is 7.88. The zero-order valence-corrected chi connectivity index (χ0v) is 19.9. The molecular weight excluding hydrogens is 573 g/mol. The van der Waals surface area contributed by atoms with Crippen LogP contribution in [0, 0.1) is 0 Å². The lowest BCUT2D eigenvalue weighted by Gasteiger charge is -2.41. The van der Waals surface area contributed by atoms with Gasteiger partial charge in [-0.15, -0.1) is 0 Å². The van der Waals surface area contributed by atoms with Crippen LogP contribution in [0.1, 0.15) is 32.1 Å². The van der Waals surface area contributed by atoms with Gasteiger partial charge in [0.1, 0.15) is 0 Å². The standard InChI is InChI=1S/C14H20F9N3O6S3/c15-11(16,12(17,18)33(27,28)24-34(29,30)14(21,22)23)13(19,20)35(31,32)26-8-4-10(5-9-26)25-6-2-1-3-7-25/h10,24H,1-9H2. The Morgan fingerprint density at radius 2 is 1.09 bits per heavy atom. The summed E-state index contributed by atoms with van der Waals surface area (Å²) in [6.07, 6.45) is 2.28. The Kier molecular flexibility index (Phi) is 8.18. The van der Waals surface area contributed by atoms with Crippen LogP contribution in [0.4, 0.5) is 39.5 Å². The van der Waals surface area contributed by atoms with Crippen molar-refractivity contribution in [3.63, 3.8) is 0 Å². The number of nitrogens with zero attached hydrogens (tertiary/aromatic N) is 2. The number of likely N-dealkylation sites (tertiary alicyclic amines) is 1. The number of sulfonamides is 3. The highest BCUT2D eigenvalue weighted by Gasteiger charge is 2.83. The highest BCUT2D eigenvalue weighted by Crippen LogP contribution is 2.51. The van der Waals surface area contributed by atoms with Crippen molar-refractivity contribution in [3.05, 3.63) is 0 Å². The smallest absolute Gasteiger partial charge is 0.300 e. The maximum atomic E-state index is 14.4. The normalized spacial score (nSPS) is 21.9.